The van der Waals surface area contributed by atoms with Crippen molar-refractivity contribution in [2.75, 3.05) is 7.11 Å². The van der Waals surface area contributed by atoms with Crippen LogP contribution in [0.5, 0.6) is 11.5 Å². The van der Waals surface area contributed by atoms with Crippen LogP contribution in [0.2, 0.25) is 0 Å². The summed E-state index contributed by atoms with van der Waals surface area (Å²) in [7, 11) is 1.58. The second-order valence-electron chi connectivity index (χ2n) is 5.68. The Balaban J connectivity index is 2.23. The number of hydrogen-bond donors (Lipinski definition) is 0. The maximum absolute atomic E-state index is 12.9. The van der Waals surface area contributed by atoms with Crippen LogP contribution in [0.3, 0.4) is 0 Å². The first-order valence-electron chi connectivity index (χ1n) is 7.88. The Labute approximate surface area is 144 Å². The minimum absolute atomic E-state index is 0.0339. The van der Waals surface area contributed by atoms with Gasteiger partial charge in [0.15, 0.2) is 17.6 Å². The summed E-state index contributed by atoms with van der Waals surface area (Å²) < 4.78 is 16.8. The molecule has 0 spiro atoms. The fourth-order valence-corrected chi connectivity index (χ4v) is 2.42. The lowest BCUT2D eigenvalue weighted by Gasteiger charge is -2.15. The van der Waals surface area contributed by atoms with Crippen LogP contribution < -0.4 is 14.9 Å². The lowest BCUT2D eigenvalue weighted by Crippen LogP contribution is -2.24. The van der Waals surface area contributed by atoms with Gasteiger partial charge in [-0.1, -0.05) is 12.1 Å². The van der Waals surface area contributed by atoms with E-state index < -0.39 is 6.10 Å². The fourth-order valence-electron chi connectivity index (χ4n) is 2.42. The number of rotatable bonds is 5. The van der Waals surface area contributed by atoms with Gasteiger partial charge in [-0.15, -0.1) is 0 Å². The lowest BCUT2D eigenvalue weighted by atomic mass is 10.1. The molecule has 0 N–H and O–H groups in total. The molecule has 0 radical (unpaired) electrons. The number of benzene rings is 2. The summed E-state index contributed by atoms with van der Waals surface area (Å²) in [5.41, 5.74) is 0.816. The summed E-state index contributed by atoms with van der Waals surface area (Å²) in [6.07, 6.45) is -0.749. The van der Waals surface area contributed by atoms with E-state index in [2.05, 4.69) is 0 Å². The minimum Gasteiger partial charge on any atom is -0.497 e. The third-order valence-corrected chi connectivity index (χ3v) is 3.98. The normalized spacial score (nSPS) is 12.0. The summed E-state index contributed by atoms with van der Waals surface area (Å²) in [5, 5.41) is 0.408. The Hall–Kier alpha value is -3.08. The Kier molecular flexibility index (Phi) is 4.57. The number of carbonyl (C=O) groups is 1. The van der Waals surface area contributed by atoms with Crippen LogP contribution in [-0.4, -0.2) is 19.0 Å². The van der Waals surface area contributed by atoms with Gasteiger partial charge >= 0.3 is 0 Å². The van der Waals surface area contributed by atoms with Gasteiger partial charge in [-0.2, -0.15) is 0 Å². The van der Waals surface area contributed by atoms with Crippen LogP contribution in [-0.2, 0) is 4.79 Å². The van der Waals surface area contributed by atoms with Gasteiger partial charge < -0.3 is 13.9 Å². The van der Waals surface area contributed by atoms with Crippen molar-refractivity contribution in [1.29, 1.82) is 0 Å². The highest BCUT2D eigenvalue weighted by atomic mass is 16.5. The molecule has 25 heavy (non-hydrogen) atoms. The SMILES string of the molecule is COc1ccc(-c2oc3ccccc3c(=O)c2O[C@@H](C)C(C)=O)cc1. The number of para-hydroxylation sites is 1. The Morgan fingerprint density at radius 1 is 1.08 bits per heavy atom. The summed E-state index contributed by atoms with van der Waals surface area (Å²) in [6, 6.07) is 14.0. The van der Waals surface area contributed by atoms with E-state index in [1.807, 2.05) is 0 Å². The molecule has 0 unspecified atom stereocenters. The predicted octanol–water partition coefficient (Wildman–Crippen LogP) is 3.82. The standard InChI is InChI=1S/C20H18O5/c1-12(21)13(2)24-20-18(22)16-6-4-5-7-17(16)25-19(20)14-8-10-15(23-3)11-9-14/h4-11,13H,1-3H3/t13-/m0/s1. The van der Waals surface area contributed by atoms with Gasteiger partial charge in [-0.05, 0) is 50.2 Å². The molecule has 0 amide bonds. The van der Waals surface area contributed by atoms with Crippen LogP contribution in [0.15, 0.2) is 57.7 Å². The number of fused-ring (bicyclic) bond motifs is 1. The quantitative estimate of drug-likeness (QED) is 0.707. The third kappa shape index (κ3) is 3.26. The molecule has 1 atom stereocenters. The number of carbonyl (C=O) groups excluding carboxylic acids is 1. The van der Waals surface area contributed by atoms with Gasteiger partial charge in [0.2, 0.25) is 11.2 Å². The van der Waals surface area contributed by atoms with E-state index in [1.54, 1.807) is 62.6 Å². The summed E-state index contributed by atoms with van der Waals surface area (Å²) in [4.78, 5) is 24.5. The maximum Gasteiger partial charge on any atom is 0.235 e. The molecule has 3 aromatic rings. The van der Waals surface area contributed by atoms with E-state index >= 15 is 0 Å². The van der Waals surface area contributed by atoms with Crippen LogP contribution in [0.4, 0.5) is 0 Å². The van der Waals surface area contributed by atoms with Gasteiger partial charge in [0.25, 0.3) is 0 Å². The smallest absolute Gasteiger partial charge is 0.235 e. The number of Topliss-reactive ketones (excluding diaryl/α,β-unsaturated/α-hetero) is 1. The molecular formula is C20H18O5. The molecule has 1 heterocycles. The highest BCUT2D eigenvalue weighted by molar-refractivity contribution is 5.83. The van der Waals surface area contributed by atoms with Crippen LogP contribution >= 0.6 is 0 Å². The molecule has 0 aliphatic heterocycles. The van der Waals surface area contributed by atoms with Crippen molar-refractivity contribution in [3.05, 3.63) is 58.8 Å². The molecule has 1 aromatic heterocycles. The maximum atomic E-state index is 12.9. The molecule has 5 nitrogen and oxygen atoms in total. The second-order valence-corrected chi connectivity index (χ2v) is 5.68. The largest absolute Gasteiger partial charge is 0.497 e. The molecule has 0 fully saturated rings. The van der Waals surface area contributed by atoms with E-state index in [-0.39, 0.29) is 17.0 Å². The van der Waals surface area contributed by atoms with E-state index in [0.29, 0.717) is 28.0 Å². The third-order valence-electron chi connectivity index (χ3n) is 3.98. The summed E-state index contributed by atoms with van der Waals surface area (Å²) in [6.45, 7) is 3.02. The molecule has 0 bridgehead atoms. The zero-order chi connectivity index (χ0) is 18.0. The second kappa shape index (κ2) is 6.81. The predicted molar refractivity (Wildman–Crippen MR) is 95.2 cm³/mol. The molecule has 3 rings (SSSR count). The fraction of sp³-hybridized carbons (Fsp3) is 0.200. The molecule has 5 heteroatoms. The van der Waals surface area contributed by atoms with Crippen molar-refractivity contribution in [2.24, 2.45) is 0 Å². The van der Waals surface area contributed by atoms with Gasteiger partial charge in [-0.25, -0.2) is 0 Å². The molecule has 0 saturated carbocycles. The molecule has 128 valence electrons. The van der Waals surface area contributed by atoms with E-state index in [1.165, 1.54) is 6.92 Å². The highest BCUT2D eigenvalue weighted by Gasteiger charge is 2.21. The summed E-state index contributed by atoms with van der Waals surface area (Å²) in [5.74, 6) is 0.839. The van der Waals surface area contributed by atoms with Gasteiger partial charge in [0.05, 0.1) is 12.5 Å². The first-order chi connectivity index (χ1) is 12.0. The number of ether oxygens (including phenoxy) is 2. The van der Waals surface area contributed by atoms with Gasteiger partial charge in [0.1, 0.15) is 11.3 Å². The zero-order valence-electron chi connectivity index (χ0n) is 14.2. The molecular weight excluding hydrogens is 320 g/mol. The van der Waals surface area contributed by atoms with Crippen molar-refractivity contribution in [3.63, 3.8) is 0 Å². The highest BCUT2D eigenvalue weighted by Crippen LogP contribution is 2.32. The van der Waals surface area contributed by atoms with Crippen LogP contribution in [0.1, 0.15) is 13.8 Å². The van der Waals surface area contributed by atoms with Crippen molar-refractivity contribution in [3.8, 4) is 22.8 Å². The zero-order valence-corrected chi connectivity index (χ0v) is 14.2. The topological polar surface area (TPSA) is 65.7 Å². The minimum atomic E-state index is -0.749. The van der Waals surface area contributed by atoms with Crippen molar-refractivity contribution >= 4 is 16.8 Å². The molecule has 0 saturated heterocycles. The Morgan fingerprint density at radius 2 is 1.76 bits per heavy atom. The van der Waals surface area contributed by atoms with Crippen molar-refractivity contribution in [1.82, 2.24) is 0 Å². The first kappa shape index (κ1) is 16.8. The van der Waals surface area contributed by atoms with E-state index in [9.17, 15) is 9.59 Å². The number of hydrogen-bond acceptors (Lipinski definition) is 5. The average Bonchev–Trinajstić information content (AvgIpc) is 2.63. The molecule has 2 aromatic carbocycles. The van der Waals surface area contributed by atoms with E-state index in [0.717, 1.165) is 0 Å². The lowest BCUT2D eigenvalue weighted by molar-refractivity contribution is -0.122. The van der Waals surface area contributed by atoms with Crippen molar-refractivity contribution in [2.45, 2.75) is 20.0 Å². The molecule has 0 aliphatic carbocycles. The van der Waals surface area contributed by atoms with E-state index in [4.69, 9.17) is 13.9 Å². The van der Waals surface area contributed by atoms with Gasteiger partial charge in [0, 0.05) is 5.56 Å². The van der Waals surface area contributed by atoms with Crippen LogP contribution in [0, 0.1) is 0 Å². The van der Waals surface area contributed by atoms with Crippen molar-refractivity contribution < 1.29 is 18.7 Å². The number of methoxy groups -OCH3 is 1. The average molecular weight is 338 g/mol. The Bertz CT molecular complexity index is 970. The van der Waals surface area contributed by atoms with Gasteiger partial charge in [-0.3, -0.25) is 9.59 Å². The summed E-state index contributed by atoms with van der Waals surface area (Å²) >= 11 is 0. The first-order valence-corrected chi connectivity index (χ1v) is 7.88. The molecule has 0 aliphatic rings. The number of ketones is 1. The Morgan fingerprint density at radius 3 is 2.40 bits per heavy atom. The monoisotopic (exact) mass is 338 g/mol. The van der Waals surface area contributed by atoms with Crippen LogP contribution in [0.25, 0.3) is 22.3 Å².